The van der Waals surface area contributed by atoms with Gasteiger partial charge in [-0.3, -0.25) is 0 Å². The minimum Gasteiger partial charge on any atom is -0.378 e. The first-order chi connectivity index (χ1) is 8.15. The van der Waals surface area contributed by atoms with E-state index >= 15 is 0 Å². The molecule has 1 aliphatic rings. The first-order valence-electron chi connectivity index (χ1n) is 6.16. The number of pyridine rings is 1. The largest absolute Gasteiger partial charge is 0.378 e. The molecule has 1 aromatic rings. The van der Waals surface area contributed by atoms with Crippen molar-refractivity contribution in [1.82, 2.24) is 4.98 Å². The Morgan fingerprint density at radius 1 is 1.47 bits per heavy atom. The van der Waals surface area contributed by atoms with Gasteiger partial charge in [-0.15, -0.1) is 0 Å². The van der Waals surface area contributed by atoms with Crippen molar-refractivity contribution in [3.8, 4) is 0 Å². The summed E-state index contributed by atoms with van der Waals surface area (Å²) < 4.78 is 18.6. The van der Waals surface area contributed by atoms with Crippen LogP contribution in [0.5, 0.6) is 0 Å². The van der Waals surface area contributed by atoms with Crippen molar-refractivity contribution in [3.63, 3.8) is 0 Å². The third kappa shape index (κ3) is 3.40. The molecular weight excluding hydrogens is 219 g/mol. The molecule has 1 aliphatic heterocycles. The summed E-state index contributed by atoms with van der Waals surface area (Å²) in [5, 5.41) is 3.28. The van der Waals surface area contributed by atoms with Crippen LogP contribution in [-0.2, 0) is 4.74 Å². The van der Waals surface area contributed by atoms with Crippen LogP contribution in [0.15, 0.2) is 18.2 Å². The van der Waals surface area contributed by atoms with Crippen LogP contribution in [0.4, 0.5) is 10.2 Å². The van der Waals surface area contributed by atoms with Crippen molar-refractivity contribution < 1.29 is 9.13 Å². The molecule has 1 aromatic heterocycles. The molecule has 94 valence electrons. The Bertz CT molecular complexity index is 370. The Labute approximate surface area is 101 Å². The van der Waals surface area contributed by atoms with Gasteiger partial charge in [0.2, 0.25) is 5.95 Å². The number of aromatic nitrogens is 1. The lowest BCUT2D eigenvalue weighted by Crippen LogP contribution is -2.36. The van der Waals surface area contributed by atoms with Gasteiger partial charge in [0.15, 0.2) is 0 Å². The molecule has 0 bridgehead atoms. The average molecular weight is 238 g/mol. The van der Waals surface area contributed by atoms with E-state index in [0.29, 0.717) is 17.8 Å². The van der Waals surface area contributed by atoms with Gasteiger partial charge in [-0.05, 0) is 30.9 Å². The van der Waals surface area contributed by atoms with Gasteiger partial charge in [0.1, 0.15) is 5.82 Å². The fourth-order valence-electron chi connectivity index (χ4n) is 2.12. The van der Waals surface area contributed by atoms with Crippen LogP contribution in [0.25, 0.3) is 0 Å². The highest BCUT2D eigenvalue weighted by Crippen LogP contribution is 2.22. The highest BCUT2D eigenvalue weighted by molar-refractivity contribution is 5.34. The Kier molecular flexibility index (Phi) is 3.94. The lowest BCUT2D eigenvalue weighted by molar-refractivity contribution is -0.0161. The molecule has 0 aliphatic carbocycles. The summed E-state index contributed by atoms with van der Waals surface area (Å²) in [5.41, 5.74) is 0. The van der Waals surface area contributed by atoms with E-state index in [2.05, 4.69) is 24.1 Å². The average Bonchev–Trinajstić information content (AvgIpc) is 2.29. The Morgan fingerprint density at radius 3 is 3.00 bits per heavy atom. The van der Waals surface area contributed by atoms with Gasteiger partial charge in [0, 0.05) is 12.6 Å². The topological polar surface area (TPSA) is 34.2 Å². The Hall–Kier alpha value is -1.16. The summed E-state index contributed by atoms with van der Waals surface area (Å²) in [6.45, 7) is 5.08. The monoisotopic (exact) mass is 238 g/mol. The summed E-state index contributed by atoms with van der Waals surface area (Å²) in [5.74, 6) is 0.682. The van der Waals surface area contributed by atoms with Crippen LogP contribution >= 0.6 is 0 Å². The highest BCUT2D eigenvalue weighted by atomic mass is 19.1. The Morgan fingerprint density at radius 2 is 2.29 bits per heavy atom. The van der Waals surface area contributed by atoms with Crippen LogP contribution in [-0.4, -0.2) is 23.7 Å². The normalized spacial score (nSPS) is 24.9. The lowest BCUT2D eigenvalue weighted by Gasteiger charge is -2.32. The smallest absolute Gasteiger partial charge is 0.214 e. The molecular formula is C13H19FN2O. The second-order valence-corrected chi connectivity index (χ2v) is 4.86. The van der Waals surface area contributed by atoms with Crippen molar-refractivity contribution in [3.05, 3.63) is 24.1 Å². The van der Waals surface area contributed by atoms with Crippen LogP contribution in [0, 0.1) is 11.9 Å². The summed E-state index contributed by atoms with van der Waals surface area (Å²) >= 11 is 0. The van der Waals surface area contributed by atoms with Crippen molar-refractivity contribution in [2.45, 2.75) is 38.8 Å². The van der Waals surface area contributed by atoms with Crippen molar-refractivity contribution in [2.75, 3.05) is 11.9 Å². The fourth-order valence-corrected chi connectivity index (χ4v) is 2.12. The molecule has 17 heavy (non-hydrogen) atoms. The number of rotatable bonds is 3. The molecule has 0 spiro atoms. The molecule has 1 saturated heterocycles. The number of anilines is 1. The molecule has 0 amide bonds. The van der Waals surface area contributed by atoms with Gasteiger partial charge in [0.05, 0.1) is 6.10 Å². The Balaban J connectivity index is 1.94. The van der Waals surface area contributed by atoms with Crippen LogP contribution in [0.2, 0.25) is 0 Å². The lowest BCUT2D eigenvalue weighted by atomic mass is 9.95. The van der Waals surface area contributed by atoms with E-state index in [1.807, 2.05) is 0 Å². The second kappa shape index (κ2) is 5.45. The number of hydrogen-bond donors (Lipinski definition) is 1. The molecule has 0 radical (unpaired) electrons. The van der Waals surface area contributed by atoms with Crippen LogP contribution < -0.4 is 5.32 Å². The molecule has 2 atom stereocenters. The first-order valence-corrected chi connectivity index (χ1v) is 6.16. The van der Waals surface area contributed by atoms with Crippen molar-refractivity contribution >= 4 is 5.82 Å². The number of halogens is 1. The number of nitrogens with one attached hydrogen (secondary N) is 1. The third-order valence-electron chi connectivity index (χ3n) is 3.13. The summed E-state index contributed by atoms with van der Waals surface area (Å²) in [7, 11) is 0. The van der Waals surface area contributed by atoms with Crippen molar-refractivity contribution in [1.29, 1.82) is 0 Å². The minimum absolute atomic E-state index is 0.287. The molecule has 3 nitrogen and oxygen atoms in total. The predicted octanol–water partition coefficient (Wildman–Crippen LogP) is 2.84. The SMILES string of the molecule is CC(C)C1CC(Nc2cccc(F)n2)CCO1. The zero-order valence-electron chi connectivity index (χ0n) is 10.3. The minimum atomic E-state index is -0.442. The molecule has 2 unspecified atom stereocenters. The van der Waals surface area contributed by atoms with Gasteiger partial charge in [-0.1, -0.05) is 19.9 Å². The van der Waals surface area contributed by atoms with E-state index in [0.717, 1.165) is 19.4 Å². The van der Waals surface area contributed by atoms with Crippen molar-refractivity contribution in [2.24, 2.45) is 5.92 Å². The van der Waals surface area contributed by atoms with E-state index in [-0.39, 0.29) is 6.10 Å². The number of nitrogens with zero attached hydrogens (tertiary/aromatic N) is 1. The number of ether oxygens (including phenoxy) is 1. The zero-order chi connectivity index (χ0) is 12.3. The first kappa shape index (κ1) is 12.3. The predicted molar refractivity (Wildman–Crippen MR) is 65.4 cm³/mol. The summed E-state index contributed by atoms with van der Waals surface area (Å²) in [4.78, 5) is 3.82. The molecule has 1 N–H and O–H groups in total. The molecule has 0 aromatic carbocycles. The van der Waals surface area contributed by atoms with Gasteiger partial charge in [-0.25, -0.2) is 4.98 Å². The maximum absolute atomic E-state index is 13.0. The summed E-state index contributed by atoms with van der Waals surface area (Å²) in [6, 6.07) is 5.14. The van der Waals surface area contributed by atoms with E-state index in [9.17, 15) is 4.39 Å². The second-order valence-electron chi connectivity index (χ2n) is 4.86. The van der Waals surface area contributed by atoms with Gasteiger partial charge >= 0.3 is 0 Å². The van der Waals surface area contributed by atoms with Gasteiger partial charge < -0.3 is 10.1 Å². The molecule has 2 rings (SSSR count). The zero-order valence-corrected chi connectivity index (χ0v) is 10.3. The molecule has 0 saturated carbocycles. The molecule has 2 heterocycles. The number of hydrogen-bond acceptors (Lipinski definition) is 3. The molecule has 1 fully saturated rings. The van der Waals surface area contributed by atoms with E-state index < -0.39 is 5.95 Å². The fraction of sp³-hybridized carbons (Fsp3) is 0.615. The third-order valence-corrected chi connectivity index (χ3v) is 3.13. The van der Waals surface area contributed by atoms with Gasteiger partial charge in [-0.2, -0.15) is 4.39 Å². The summed E-state index contributed by atoms with van der Waals surface area (Å²) in [6.07, 6.45) is 2.19. The van der Waals surface area contributed by atoms with Gasteiger partial charge in [0.25, 0.3) is 0 Å². The quantitative estimate of drug-likeness (QED) is 0.822. The van der Waals surface area contributed by atoms with E-state index in [4.69, 9.17) is 4.74 Å². The maximum atomic E-state index is 13.0. The van der Waals surface area contributed by atoms with E-state index in [1.165, 1.54) is 6.07 Å². The van der Waals surface area contributed by atoms with E-state index in [1.54, 1.807) is 12.1 Å². The highest BCUT2D eigenvalue weighted by Gasteiger charge is 2.24. The maximum Gasteiger partial charge on any atom is 0.214 e. The molecule has 4 heteroatoms. The standard InChI is InChI=1S/C13H19FN2O/c1-9(2)11-8-10(6-7-17-11)15-13-5-3-4-12(14)16-13/h3-5,9-11H,6-8H2,1-2H3,(H,15,16). The van der Waals surface area contributed by atoms with Crippen LogP contribution in [0.3, 0.4) is 0 Å². The van der Waals surface area contributed by atoms with Crippen LogP contribution in [0.1, 0.15) is 26.7 Å².